The first-order valence-electron chi connectivity index (χ1n) is 6.05. The number of methoxy groups -OCH3 is 2. The molecule has 2 rings (SSSR count). The van der Waals surface area contributed by atoms with Crippen molar-refractivity contribution in [2.75, 3.05) is 20.8 Å². The highest BCUT2D eigenvalue weighted by Gasteiger charge is 2.37. The average molecular weight is 306 g/mol. The van der Waals surface area contributed by atoms with Gasteiger partial charge in [0.15, 0.2) is 0 Å². The number of nitrogens with two attached hydrogens (primary N) is 1. The Kier molecular flexibility index (Phi) is 4.62. The second kappa shape index (κ2) is 6.43. The van der Waals surface area contributed by atoms with E-state index in [0.717, 1.165) is 4.88 Å². The van der Waals surface area contributed by atoms with Gasteiger partial charge in [0.1, 0.15) is 17.7 Å². The zero-order chi connectivity index (χ0) is 15.4. The Hall–Kier alpha value is -2.30. The van der Waals surface area contributed by atoms with E-state index < -0.39 is 11.9 Å². The van der Waals surface area contributed by atoms with Gasteiger partial charge in [-0.15, -0.1) is 11.3 Å². The maximum atomic E-state index is 12.1. The molecule has 1 aromatic rings. The summed E-state index contributed by atoms with van der Waals surface area (Å²) in [6.07, 6.45) is 0. The lowest BCUT2D eigenvalue weighted by molar-refractivity contribution is -0.143. The third-order valence-electron chi connectivity index (χ3n) is 3.00. The molecule has 1 aliphatic rings. The molecule has 0 saturated carbocycles. The molecule has 7 heteroatoms. The monoisotopic (exact) mass is 306 g/mol. The Balaban J connectivity index is 2.59. The van der Waals surface area contributed by atoms with Crippen molar-refractivity contribution in [1.82, 2.24) is 0 Å². The Bertz CT molecular complexity index is 640. The number of carbonyl (C=O) groups is 1. The van der Waals surface area contributed by atoms with Gasteiger partial charge in [0.25, 0.3) is 0 Å². The quantitative estimate of drug-likeness (QED) is 0.849. The van der Waals surface area contributed by atoms with E-state index >= 15 is 0 Å². The van der Waals surface area contributed by atoms with Crippen LogP contribution in [0.1, 0.15) is 4.88 Å². The van der Waals surface area contributed by atoms with Gasteiger partial charge in [-0.25, -0.2) is 0 Å². The van der Waals surface area contributed by atoms with Crippen molar-refractivity contribution in [3.05, 3.63) is 39.4 Å². The Labute approximate surface area is 126 Å². The van der Waals surface area contributed by atoms with Gasteiger partial charge in [0, 0.05) is 12.7 Å². The summed E-state index contributed by atoms with van der Waals surface area (Å²) < 4.78 is 15.5. The first kappa shape index (κ1) is 15.1. The number of rotatable bonds is 4. The summed E-state index contributed by atoms with van der Waals surface area (Å²) in [7, 11) is 2.78. The van der Waals surface area contributed by atoms with Gasteiger partial charge < -0.3 is 19.9 Å². The molecule has 1 aromatic heterocycles. The molecule has 2 heterocycles. The van der Waals surface area contributed by atoms with Crippen LogP contribution in [0.5, 0.6) is 0 Å². The largest absolute Gasteiger partial charge is 0.468 e. The average Bonchev–Trinajstić information content (AvgIpc) is 3.01. The van der Waals surface area contributed by atoms with Crippen LogP contribution < -0.4 is 5.73 Å². The molecule has 0 amide bonds. The van der Waals surface area contributed by atoms with Gasteiger partial charge in [0.2, 0.25) is 5.76 Å². The third kappa shape index (κ3) is 2.77. The van der Waals surface area contributed by atoms with E-state index in [-0.39, 0.29) is 18.1 Å². The van der Waals surface area contributed by atoms with E-state index in [2.05, 4.69) is 0 Å². The highest BCUT2D eigenvalue weighted by molar-refractivity contribution is 7.11. The van der Waals surface area contributed by atoms with Crippen LogP contribution in [0.15, 0.2) is 34.5 Å². The van der Waals surface area contributed by atoms with E-state index in [0.29, 0.717) is 11.3 Å². The minimum absolute atomic E-state index is 0.0386. The van der Waals surface area contributed by atoms with Crippen molar-refractivity contribution in [1.29, 1.82) is 5.26 Å². The fraction of sp³-hybridized carbons (Fsp3) is 0.286. The first-order chi connectivity index (χ1) is 10.1. The summed E-state index contributed by atoms with van der Waals surface area (Å²) in [5.74, 6) is -1.10. The molecule has 1 aliphatic heterocycles. The van der Waals surface area contributed by atoms with Crippen LogP contribution >= 0.6 is 11.3 Å². The van der Waals surface area contributed by atoms with E-state index in [4.69, 9.17) is 25.2 Å². The maximum absolute atomic E-state index is 12.1. The predicted octanol–water partition coefficient (Wildman–Crippen LogP) is 1.62. The maximum Gasteiger partial charge on any atom is 0.319 e. The van der Waals surface area contributed by atoms with Crippen molar-refractivity contribution in [2.45, 2.75) is 0 Å². The van der Waals surface area contributed by atoms with Crippen molar-refractivity contribution < 1.29 is 19.0 Å². The Morgan fingerprint density at radius 1 is 1.57 bits per heavy atom. The van der Waals surface area contributed by atoms with Crippen molar-refractivity contribution in [3.63, 3.8) is 0 Å². The van der Waals surface area contributed by atoms with Crippen LogP contribution in [0.4, 0.5) is 0 Å². The molecule has 1 unspecified atom stereocenters. The minimum atomic E-state index is -0.879. The molecule has 0 bridgehead atoms. The van der Waals surface area contributed by atoms with Gasteiger partial charge in [-0.3, -0.25) is 4.79 Å². The number of allylic oxidation sites excluding steroid dienone is 1. The molecule has 0 fully saturated rings. The Morgan fingerprint density at radius 3 is 2.86 bits per heavy atom. The highest BCUT2D eigenvalue weighted by Crippen LogP contribution is 2.37. The van der Waals surface area contributed by atoms with Gasteiger partial charge in [-0.2, -0.15) is 5.26 Å². The van der Waals surface area contributed by atoms with Crippen LogP contribution in [-0.2, 0) is 19.0 Å². The van der Waals surface area contributed by atoms with E-state index in [1.54, 1.807) is 0 Å². The molecule has 110 valence electrons. The SMILES string of the molecule is COCC1=C(c2cccs2)OC(C#N)=C(N)C1C(=O)OC. The fourth-order valence-electron chi connectivity index (χ4n) is 2.07. The summed E-state index contributed by atoms with van der Waals surface area (Å²) in [6.45, 7) is 0.145. The second-order valence-electron chi connectivity index (χ2n) is 4.22. The number of nitrogens with zero attached hydrogens (tertiary/aromatic N) is 1. The number of hydrogen-bond acceptors (Lipinski definition) is 7. The molecule has 0 aromatic carbocycles. The number of ether oxygens (including phenoxy) is 3. The number of carbonyl (C=O) groups excluding carboxylic acids is 1. The molecule has 0 spiro atoms. The molecule has 0 aliphatic carbocycles. The highest BCUT2D eigenvalue weighted by atomic mass is 32.1. The number of nitriles is 1. The van der Waals surface area contributed by atoms with Crippen molar-refractivity contribution >= 4 is 23.1 Å². The zero-order valence-corrected chi connectivity index (χ0v) is 12.4. The summed E-state index contributed by atoms with van der Waals surface area (Å²) in [6, 6.07) is 5.55. The minimum Gasteiger partial charge on any atom is -0.468 e. The molecule has 1 atom stereocenters. The number of thiophene rings is 1. The van der Waals surface area contributed by atoms with Crippen LogP contribution in [0.25, 0.3) is 5.76 Å². The molecular weight excluding hydrogens is 292 g/mol. The lowest BCUT2D eigenvalue weighted by Crippen LogP contribution is -2.31. The molecular formula is C14H14N2O4S. The summed E-state index contributed by atoms with van der Waals surface area (Å²) in [4.78, 5) is 12.8. The second-order valence-corrected chi connectivity index (χ2v) is 5.17. The normalized spacial score (nSPS) is 18.2. The van der Waals surface area contributed by atoms with Gasteiger partial charge in [0.05, 0.1) is 24.3 Å². The standard InChI is InChI=1S/C14H14N2O4S/c1-18-7-8-11(14(17)19-2)12(16)9(6-15)20-13(8)10-4-3-5-21-10/h3-5,11H,7,16H2,1-2H3. The predicted molar refractivity (Wildman–Crippen MR) is 76.5 cm³/mol. The lowest BCUT2D eigenvalue weighted by atomic mass is 9.92. The molecule has 0 radical (unpaired) electrons. The Morgan fingerprint density at radius 2 is 2.33 bits per heavy atom. The fourth-order valence-corrected chi connectivity index (χ4v) is 2.81. The summed E-state index contributed by atoms with van der Waals surface area (Å²) in [5.41, 5.74) is 6.47. The molecule has 21 heavy (non-hydrogen) atoms. The molecule has 2 N–H and O–H groups in total. The van der Waals surface area contributed by atoms with Crippen molar-refractivity contribution in [3.8, 4) is 6.07 Å². The van der Waals surface area contributed by atoms with Crippen LogP contribution in [0, 0.1) is 17.2 Å². The van der Waals surface area contributed by atoms with Gasteiger partial charge in [-0.05, 0) is 11.4 Å². The summed E-state index contributed by atoms with van der Waals surface area (Å²) in [5, 5.41) is 11.0. The molecule has 0 saturated heterocycles. The van der Waals surface area contributed by atoms with Crippen LogP contribution in [0.2, 0.25) is 0 Å². The van der Waals surface area contributed by atoms with Gasteiger partial charge >= 0.3 is 5.97 Å². The van der Waals surface area contributed by atoms with Crippen molar-refractivity contribution in [2.24, 2.45) is 11.7 Å². The third-order valence-corrected chi connectivity index (χ3v) is 3.87. The molecule has 6 nitrogen and oxygen atoms in total. The lowest BCUT2D eigenvalue weighted by Gasteiger charge is -2.26. The number of esters is 1. The summed E-state index contributed by atoms with van der Waals surface area (Å²) >= 11 is 1.43. The van der Waals surface area contributed by atoms with E-state index in [9.17, 15) is 4.79 Å². The van der Waals surface area contributed by atoms with Crippen LogP contribution in [0.3, 0.4) is 0 Å². The zero-order valence-electron chi connectivity index (χ0n) is 11.6. The topological polar surface area (TPSA) is 94.6 Å². The smallest absolute Gasteiger partial charge is 0.319 e. The number of hydrogen-bond donors (Lipinski definition) is 1. The van der Waals surface area contributed by atoms with E-state index in [1.807, 2.05) is 23.6 Å². The van der Waals surface area contributed by atoms with Gasteiger partial charge in [-0.1, -0.05) is 6.07 Å². The van der Waals surface area contributed by atoms with E-state index in [1.165, 1.54) is 25.6 Å². The van der Waals surface area contributed by atoms with Crippen LogP contribution in [-0.4, -0.2) is 26.8 Å². The first-order valence-corrected chi connectivity index (χ1v) is 6.93.